The van der Waals surface area contributed by atoms with Gasteiger partial charge in [0, 0.05) is 17.1 Å². The highest BCUT2D eigenvalue weighted by atomic mass is 16.4. The molecule has 0 fully saturated rings. The van der Waals surface area contributed by atoms with E-state index in [-0.39, 0.29) is 5.76 Å². The van der Waals surface area contributed by atoms with Gasteiger partial charge in [0.05, 0.1) is 5.69 Å². The Balaban J connectivity index is 2.14. The lowest BCUT2D eigenvalue weighted by molar-refractivity contribution is 0.0665. The molecule has 1 aromatic carbocycles. The topological polar surface area (TPSA) is 63.3 Å². The van der Waals surface area contributed by atoms with Crippen LogP contribution in [-0.4, -0.2) is 16.1 Å². The number of carboxylic acids is 1. The first-order valence-electron chi connectivity index (χ1n) is 5.42. The van der Waals surface area contributed by atoms with E-state index in [1.807, 2.05) is 30.3 Å². The third kappa shape index (κ3) is 1.73. The van der Waals surface area contributed by atoms with E-state index >= 15 is 0 Å². The molecule has 0 bridgehead atoms. The summed E-state index contributed by atoms with van der Waals surface area (Å²) in [5, 5.41) is 9.63. The van der Waals surface area contributed by atoms with Crippen molar-refractivity contribution in [3.63, 3.8) is 0 Å². The average molecular weight is 239 g/mol. The minimum Gasteiger partial charge on any atom is -0.475 e. The van der Waals surface area contributed by atoms with Crippen LogP contribution in [0.25, 0.3) is 22.2 Å². The molecule has 0 atom stereocenters. The summed E-state index contributed by atoms with van der Waals surface area (Å²) < 4.78 is 5.20. The predicted octanol–water partition coefficient (Wildman–Crippen LogP) is 3.19. The maximum Gasteiger partial charge on any atom is 0.371 e. The maximum absolute atomic E-state index is 10.8. The van der Waals surface area contributed by atoms with E-state index in [1.54, 1.807) is 12.3 Å². The highest BCUT2D eigenvalue weighted by molar-refractivity contribution is 5.92. The van der Waals surface area contributed by atoms with Gasteiger partial charge >= 0.3 is 5.97 Å². The van der Waals surface area contributed by atoms with Crippen molar-refractivity contribution in [2.75, 3.05) is 0 Å². The van der Waals surface area contributed by atoms with E-state index < -0.39 is 5.97 Å². The van der Waals surface area contributed by atoms with Gasteiger partial charge in [-0.3, -0.25) is 4.98 Å². The second-order valence-electron chi connectivity index (χ2n) is 3.88. The number of nitrogens with zero attached hydrogens (tertiary/aromatic N) is 1. The number of rotatable bonds is 2. The van der Waals surface area contributed by atoms with Crippen LogP contribution < -0.4 is 0 Å². The lowest BCUT2D eigenvalue weighted by atomic mass is 10.1. The first-order valence-corrected chi connectivity index (χ1v) is 5.42. The number of hydrogen-bond donors (Lipinski definition) is 1. The molecule has 0 aliphatic rings. The van der Waals surface area contributed by atoms with E-state index in [1.165, 1.54) is 6.07 Å². The van der Waals surface area contributed by atoms with Gasteiger partial charge in [0.15, 0.2) is 0 Å². The molecule has 0 aliphatic heterocycles. The van der Waals surface area contributed by atoms with Gasteiger partial charge in [-0.25, -0.2) is 4.79 Å². The number of aromatic nitrogens is 1. The van der Waals surface area contributed by atoms with Crippen molar-refractivity contribution in [3.8, 4) is 11.3 Å². The second kappa shape index (κ2) is 4.00. The highest BCUT2D eigenvalue weighted by Gasteiger charge is 2.11. The lowest BCUT2D eigenvalue weighted by Crippen LogP contribution is -1.91. The zero-order chi connectivity index (χ0) is 12.5. The molecule has 2 heterocycles. The number of pyridine rings is 1. The van der Waals surface area contributed by atoms with Gasteiger partial charge in [0.2, 0.25) is 5.76 Å². The third-order valence-electron chi connectivity index (χ3n) is 2.69. The number of hydrogen-bond acceptors (Lipinski definition) is 3. The minimum atomic E-state index is -1.06. The Kier molecular flexibility index (Phi) is 2.34. The summed E-state index contributed by atoms with van der Waals surface area (Å²) in [6.45, 7) is 0. The van der Waals surface area contributed by atoms with Crippen molar-refractivity contribution in [1.82, 2.24) is 4.98 Å². The fraction of sp³-hybridized carbons (Fsp3) is 0. The standard InChI is InChI=1S/C14H9NO3/c16-14(17)13-8-10-7-9(4-5-12(10)18-13)11-3-1-2-6-15-11/h1-8H,(H,16,17). The molecule has 1 N–H and O–H groups in total. The normalized spacial score (nSPS) is 10.7. The van der Waals surface area contributed by atoms with Gasteiger partial charge in [0.25, 0.3) is 0 Å². The van der Waals surface area contributed by atoms with E-state index in [2.05, 4.69) is 4.98 Å². The third-order valence-corrected chi connectivity index (χ3v) is 2.69. The van der Waals surface area contributed by atoms with Crippen LogP contribution in [0.5, 0.6) is 0 Å². The van der Waals surface area contributed by atoms with Gasteiger partial charge in [-0.15, -0.1) is 0 Å². The van der Waals surface area contributed by atoms with Crippen LogP contribution >= 0.6 is 0 Å². The molecular formula is C14H9NO3. The van der Waals surface area contributed by atoms with Crippen molar-refractivity contribution in [2.24, 2.45) is 0 Å². The number of fused-ring (bicyclic) bond motifs is 1. The number of aromatic carboxylic acids is 1. The number of furan rings is 1. The van der Waals surface area contributed by atoms with Crippen LogP contribution in [0.3, 0.4) is 0 Å². The molecule has 18 heavy (non-hydrogen) atoms. The molecule has 88 valence electrons. The Morgan fingerprint density at radius 2 is 2.06 bits per heavy atom. The van der Waals surface area contributed by atoms with Crippen LogP contribution in [0, 0.1) is 0 Å². The van der Waals surface area contributed by atoms with Gasteiger partial charge in [-0.2, -0.15) is 0 Å². The quantitative estimate of drug-likeness (QED) is 0.745. The minimum absolute atomic E-state index is 0.0526. The molecule has 4 heteroatoms. The highest BCUT2D eigenvalue weighted by Crippen LogP contribution is 2.25. The Morgan fingerprint density at radius 3 is 2.78 bits per heavy atom. The van der Waals surface area contributed by atoms with Crippen molar-refractivity contribution in [2.45, 2.75) is 0 Å². The molecule has 0 aliphatic carbocycles. The Morgan fingerprint density at radius 1 is 1.17 bits per heavy atom. The molecule has 0 spiro atoms. The monoisotopic (exact) mass is 239 g/mol. The average Bonchev–Trinajstić information content (AvgIpc) is 2.82. The summed E-state index contributed by atoms with van der Waals surface area (Å²) in [7, 11) is 0. The second-order valence-corrected chi connectivity index (χ2v) is 3.88. The van der Waals surface area contributed by atoms with E-state index in [0.717, 1.165) is 16.6 Å². The molecule has 0 saturated heterocycles. The fourth-order valence-electron chi connectivity index (χ4n) is 1.84. The van der Waals surface area contributed by atoms with E-state index in [9.17, 15) is 4.79 Å². The first-order chi connectivity index (χ1) is 8.74. The zero-order valence-corrected chi connectivity index (χ0v) is 9.33. The van der Waals surface area contributed by atoms with Crippen LogP contribution in [0.15, 0.2) is 53.1 Å². The van der Waals surface area contributed by atoms with Crippen molar-refractivity contribution in [1.29, 1.82) is 0 Å². The SMILES string of the molecule is O=C(O)c1cc2cc(-c3ccccn3)ccc2o1. The summed E-state index contributed by atoms with van der Waals surface area (Å²) in [6, 6.07) is 12.7. The molecule has 0 unspecified atom stereocenters. The van der Waals surface area contributed by atoms with Crippen LogP contribution in [0.2, 0.25) is 0 Å². The summed E-state index contributed by atoms with van der Waals surface area (Å²) in [5.41, 5.74) is 2.34. The van der Waals surface area contributed by atoms with Gasteiger partial charge in [-0.05, 0) is 36.4 Å². The van der Waals surface area contributed by atoms with Crippen LogP contribution in [0.1, 0.15) is 10.6 Å². The maximum atomic E-state index is 10.8. The van der Waals surface area contributed by atoms with Crippen molar-refractivity contribution < 1.29 is 14.3 Å². The molecule has 3 aromatic rings. The summed E-state index contributed by atoms with van der Waals surface area (Å²) in [6.07, 6.45) is 1.72. The number of benzene rings is 1. The Labute approximate surface area is 103 Å². The fourth-order valence-corrected chi connectivity index (χ4v) is 1.84. The van der Waals surface area contributed by atoms with E-state index in [0.29, 0.717) is 5.58 Å². The largest absolute Gasteiger partial charge is 0.475 e. The predicted molar refractivity (Wildman–Crippen MR) is 66.4 cm³/mol. The van der Waals surface area contributed by atoms with Gasteiger partial charge in [-0.1, -0.05) is 6.07 Å². The van der Waals surface area contributed by atoms with E-state index in [4.69, 9.17) is 9.52 Å². The summed E-state index contributed by atoms with van der Waals surface area (Å²) in [4.78, 5) is 15.1. The first kappa shape index (κ1) is 10.5. The molecular weight excluding hydrogens is 230 g/mol. The smallest absolute Gasteiger partial charge is 0.371 e. The number of carboxylic acid groups (broad SMARTS) is 1. The molecule has 3 rings (SSSR count). The summed E-state index contributed by atoms with van der Waals surface area (Å²) in [5.74, 6) is -1.12. The van der Waals surface area contributed by atoms with Crippen molar-refractivity contribution in [3.05, 3.63) is 54.4 Å². The van der Waals surface area contributed by atoms with Crippen LogP contribution in [-0.2, 0) is 0 Å². The van der Waals surface area contributed by atoms with Gasteiger partial charge < -0.3 is 9.52 Å². The van der Waals surface area contributed by atoms with Gasteiger partial charge in [0.1, 0.15) is 5.58 Å². The Hall–Kier alpha value is -2.62. The van der Waals surface area contributed by atoms with Crippen molar-refractivity contribution >= 4 is 16.9 Å². The molecule has 4 nitrogen and oxygen atoms in total. The molecule has 2 aromatic heterocycles. The summed E-state index contributed by atoms with van der Waals surface area (Å²) >= 11 is 0. The molecule has 0 saturated carbocycles. The lowest BCUT2D eigenvalue weighted by Gasteiger charge is -1.99. The number of carbonyl (C=O) groups is 1. The molecule has 0 amide bonds. The molecule has 0 radical (unpaired) electrons. The zero-order valence-electron chi connectivity index (χ0n) is 9.33. The Bertz CT molecular complexity index is 716. The van der Waals surface area contributed by atoms with Crippen LogP contribution in [0.4, 0.5) is 0 Å².